The number of hydrogen-bond acceptors (Lipinski definition) is 7. The number of methoxy groups -OCH3 is 1. The fraction of sp³-hybridized carbons (Fsp3) is 0.208. The lowest BCUT2D eigenvalue weighted by Crippen LogP contribution is -2.40. The number of carbonyl (C=O) groups excluding carboxylic acids is 1. The summed E-state index contributed by atoms with van der Waals surface area (Å²) in [6, 6.07) is 8.34. The van der Waals surface area contributed by atoms with E-state index >= 15 is 0 Å². The number of ether oxygens (including phenoxy) is 2. The fourth-order valence-corrected chi connectivity index (χ4v) is 7.28. The minimum atomic E-state index is -0.737. The maximum Gasteiger partial charge on any atom is 0.338 e. The molecule has 2 heterocycles. The van der Waals surface area contributed by atoms with Crippen molar-refractivity contribution in [3.05, 3.63) is 84.0 Å². The number of benzene rings is 2. The highest BCUT2D eigenvalue weighted by atomic mass is 127. The number of fused-ring (bicyclic) bond motifs is 1. The number of phenolic OH excluding ortho intramolecular Hbond substituents is 1. The minimum Gasteiger partial charge on any atom is -0.506 e. The number of phenols is 1. The van der Waals surface area contributed by atoms with E-state index in [9.17, 15) is 14.7 Å². The van der Waals surface area contributed by atoms with E-state index in [-0.39, 0.29) is 17.9 Å². The third-order valence-corrected chi connectivity index (χ3v) is 8.40. The maximum absolute atomic E-state index is 13.7. The molecule has 0 radical (unpaired) electrons. The molecule has 1 aromatic heterocycles. The Kier molecular flexibility index (Phi) is 8.08. The summed E-state index contributed by atoms with van der Waals surface area (Å²) in [4.78, 5) is 31.8. The highest BCUT2D eigenvalue weighted by Gasteiger charge is 2.33. The Labute approximate surface area is 240 Å². The summed E-state index contributed by atoms with van der Waals surface area (Å²) in [7, 11) is 1.57. The summed E-state index contributed by atoms with van der Waals surface area (Å²) in [5.74, 6) is 0.212. The second-order valence-corrected chi connectivity index (χ2v) is 11.8. The van der Waals surface area contributed by atoms with Gasteiger partial charge < -0.3 is 14.6 Å². The van der Waals surface area contributed by atoms with Gasteiger partial charge in [0, 0.05) is 9.13 Å². The molecule has 0 spiro atoms. The second kappa shape index (κ2) is 10.7. The van der Waals surface area contributed by atoms with Gasteiger partial charge in [-0.05, 0) is 111 Å². The van der Waals surface area contributed by atoms with Crippen LogP contribution in [0.4, 0.5) is 0 Å². The molecule has 0 amide bonds. The first kappa shape index (κ1) is 26.4. The van der Waals surface area contributed by atoms with Crippen LogP contribution in [0, 0.1) is 7.14 Å². The number of thiazole rings is 1. The number of allylic oxidation sites excluding steroid dienone is 1. The molecule has 1 atom stereocenters. The van der Waals surface area contributed by atoms with Crippen molar-refractivity contribution in [1.29, 1.82) is 0 Å². The summed E-state index contributed by atoms with van der Waals surface area (Å²) in [6.07, 6.45) is 1.66. The van der Waals surface area contributed by atoms with Crippen LogP contribution in [0.25, 0.3) is 6.08 Å². The largest absolute Gasteiger partial charge is 0.506 e. The molecular weight excluding hydrogens is 762 g/mol. The zero-order chi connectivity index (χ0) is 25.4. The Morgan fingerprint density at radius 1 is 1.31 bits per heavy atom. The van der Waals surface area contributed by atoms with Gasteiger partial charge >= 0.3 is 5.97 Å². The minimum absolute atomic E-state index is 0.107. The van der Waals surface area contributed by atoms with Crippen LogP contribution < -0.4 is 19.6 Å². The Morgan fingerprint density at radius 2 is 2.06 bits per heavy atom. The first-order chi connectivity index (χ1) is 16.7. The predicted octanol–water partition coefficient (Wildman–Crippen LogP) is 4.48. The Hall–Kier alpha value is -1.71. The van der Waals surface area contributed by atoms with Crippen molar-refractivity contribution in [3.8, 4) is 11.5 Å². The van der Waals surface area contributed by atoms with E-state index in [2.05, 4.69) is 66.1 Å². The van der Waals surface area contributed by atoms with Crippen LogP contribution >= 0.6 is 72.4 Å². The van der Waals surface area contributed by atoms with Crippen molar-refractivity contribution in [2.75, 3.05) is 13.7 Å². The van der Waals surface area contributed by atoms with Crippen LogP contribution in [0.2, 0.25) is 0 Å². The lowest BCUT2D eigenvalue weighted by atomic mass is 9.96. The number of hydrogen-bond donors (Lipinski definition) is 1. The number of nitrogens with zero attached hydrogens (tertiary/aromatic N) is 2. The molecule has 11 heteroatoms. The molecule has 35 heavy (non-hydrogen) atoms. The van der Waals surface area contributed by atoms with Crippen molar-refractivity contribution in [2.24, 2.45) is 4.99 Å². The Balaban J connectivity index is 1.99. The maximum atomic E-state index is 13.7. The van der Waals surface area contributed by atoms with Crippen molar-refractivity contribution in [1.82, 2.24) is 4.57 Å². The average molecular weight is 781 g/mol. The molecule has 0 bridgehead atoms. The van der Waals surface area contributed by atoms with Crippen molar-refractivity contribution >= 4 is 84.5 Å². The Bertz CT molecular complexity index is 1560. The first-order valence-electron chi connectivity index (χ1n) is 10.4. The number of aromatic nitrogens is 1. The standard InChI is InChI=1S/C24H19BrI2N2O5S/c1-4-34-23(32)19-11(2)28-24-29(20(19)12-5-6-17(33-3)15(25)8-12)22(31)18(35-24)9-13-7-14(26)10-16(27)21(13)30/h5-10,20,30H,4H2,1-3H3/b18-9+/t20-/m1/s1. The van der Waals surface area contributed by atoms with Gasteiger partial charge in [0.25, 0.3) is 5.56 Å². The highest BCUT2D eigenvalue weighted by molar-refractivity contribution is 14.1. The van der Waals surface area contributed by atoms with E-state index in [1.165, 1.54) is 15.9 Å². The predicted molar refractivity (Wildman–Crippen MR) is 155 cm³/mol. The molecule has 0 unspecified atom stereocenters. The van der Waals surface area contributed by atoms with Gasteiger partial charge in [0.2, 0.25) is 0 Å². The number of halogens is 3. The van der Waals surface area contributed by atoms with E-state index < -0.39 is 12.0 Å². The molecule has 1 aliphatic heterocycles. The lowest BCUT2D eigenvalue weighted by molar-refractivity contribution is -0.139. The average Bonchev–Trinajstić information content (AvgIpc) is 3.10. The van der Waals surface area contributed by atoms with Crippen LogP contribution in [-0.4, -0.2) is 29.4 Å². The van der Waals surface area contributed by atoms with Gasteiger partial charge in [-0.15, -0.1) is 0 Å². The Morgan fingerprint density at radius 3 is 2.71 bits per heavy atom. The fourth-order valence-electron chi connectivity index (χ4n) is 3.80. The van der Waals surface area contributed by atoms with Crippen molar-refractivity contribution in [3.63, 3.8) is 0 Å². The lowest BCUT2D eigenvalue weighted by Gasteiger charge is -2.25. The van der Waals surface area contributed by atoms with Crippen LogP contribution in [0.15, 0.2) is 55.9 Å². The molecule has 0 aliphatic carbocycles. The zero-order valence-corrected chi connectivity index (χ0v) is 25.5. The van der Waals surface area contributed by atoms with Crippen molar-refractivity contribution < 1.29 is 19.4 Å². The molecule has 3 aromatic rings. The number of rotatable bonds is 5. The van der Waals surface area contributed by atoms with E-state index in [1.807, 2.05) is 24.3 Å². The molecule has 7 nitrogen and oxygen atoms in total. The highest BCUT2D eigenvalue weighted by Crippen LogP contribution is 2.35. The van der Waals surface area contributed by atoms with Gasteiger partial charge in [0.05, 0.1) is 43.6 Å². The summed E-state index contributed by atoms with van der Waals surface area (Å²) < 4.78 is 14.9. The summed E-state index contributed by atoms with van der Waals surface area (Å²) in [5.41, 5.74) is 1.72. The molecule has 0 saturated heterocycles. The molecule has 0 fully saturated rings. The van der Waals surface area contributed by atoms with Crippen LogP contribution in [-0.2, 0) is 9.53 Å². The number of esters is 1. The third kappa shape index (κ3) is 5.09. The molecular formula is C24H19BrI2N2O5S. The molecule has 1 N–H and O–H groups in total. The van der Waals surface area contributed by atoms with E-state index in [4.69, 9.17) is 9.47 Å². The number of carbonyl (C=O) groups is 1. The SMILES string of the molecule is CCOC(=O)C1=C(C)N=c2s/c(=C/c3cc(I)cc(I)c3O)c(=O)n2[C@@H]1c1ccc(OC)c(Br)c1. The number of aromatic hydroxyl groups is 1. The van der Waals surface area contributed by atoms with Gasteiger partial charge in [-0.2, -0.15) is 0 Å². The van der Waals surface area contributed by atoms with E-state index in [0.29, 0.717) is 45.5 Å². The molecule has 182 valence electrons. The van der Waals surface area contributed by atoms with Gasteiger partial charge in [0.15, 0.2) is 4.80 Å². The zero-order valence-electron chi connectivity index (χ0n) is 18.8. The van der Waals surface area contributed by atoms with E-state index in [1.54, 1.807) is 33.1 Å². The van der Waals surface area contributed by atoms with Crippen LogP contribution in [0.3, 0.4) is 0 Å². The van der Waals surface area contributed by atoms with Gasteiger partial charge in [0.1, 0.15) is 11.5 Å². The smallest absolute Gasteiger partial charge is 0.338 e. The van der Waals surface area contributed by atoms with Crippen LogP contribution in [0.5, 0.6) is 11.5 Å². The first-order valence-corrected chi connectivity index (χ1v) is 14.1. The summed E-state index contributed by atoms with van der Waals surface area (Å²) >= 11 is 8.94. The van der Waals surface area contributed by atoms with Gasteiger partial charge in [-0.1, -0.05) is 17.4 Å². The summed E-state index contributed by atoms with van der Waals surface area (Å²) in [6.45, 7) is 3.67. The summed E-state index contributed by atoms with van der Waals surface area (Å²) in [5, 5.41) is 10.5. The van der Waals surface area contributed by atoms with Crippen LogP contribution in [0.1, 0.15) is 31.0 Å². The quantitative estimate of drug-likeness (QED) is 0.305. The topological polar surface area (TPSA) is 90.1 Å². The normalized spacial score (nSPS) is 15.6. The molecule has 1 aliphatic rings. The van der Waals surface area contributed by atoms with Gasteiger partial charge in [-0.3, -0.25) is 9.36 Å². The molecule has 4 rings (SSSR count). The van der Waals surface area contributed by atoms with E-state index in [0.717, 1.165) is 3.57 Å². The van der Waals surface area contributed by atoms with Crippen molar-refractivity contribution in [2.45, 2.75) is 19.9 Å². The molecule has 2 aromatic carbocycles. The monoisotopic (exact) mass is 780 g/mol. The van der Waals surface area contributed by atoms with Gasteiger partial charge in [-0.25, -0.2) is 9.79 Å². The molecule has 0 saturated carbocycles. The third-order valence-electron chi connectivity index (χ3n) is 5.35. The second-order valence-electron chi connectivity index (χ2n) is 7.52.